The molecular weight excluding hydrogens is 381 g/mol. The third kappa shape index (κ3) is 3.73. The predicted molar refractivity (Wildman–Crippen MR) is 92.4 cm³/mol. The second kappa shape index (κ2) is 7.06. The molecule has 0 aliphatic rings. The van der Waals surface area contributed by atoms with Gasteiger partial charge in [0.2, 0.25) is 0 Å². The van der Waals surface area contributed by atoms with Crippen LogP contribution in [0.2, 0.25) is 0 Å². The highest BCUT2D eigenvalue weighted by Gasteiger charge is 2.31. The van der Waals surface area contributed by atoms with Crippen molar-refractivity contribution >= 4 is 11.6 Å². The molecule has 0 aliphatic heterocycles. The molecule has 0 bridgehead atoms. The highest BCUT2D eigenvalue weighted by atomic mass is 19.4. The second-order valence-electron chi connectivity index (χ2n) is 6.12. The molecule has 0 atom stereocenters. The van der Waals surface area contributed by atoms with E-state index in [4.69, 9.17) is 0 Å². The minimum atomic E-state index is -4.66. The van der Waals surface area contributed by atoms with Crippen LogP contribution in [-0.2, 0) is 6.18 Å². The van der Waals surface area contributed by atoms with E-state index < -0.39 is 34.8 Å². The quantitative estimate of drug-likeness (QED) is 0.632. The fourth-order valence-corrected chi connectivity index (χ4v) is 2.74. The van der Waals surface area contributed by atoms with Gasteiger partial charge in [0.1, 0.15) is 0 Å². The van der Waals surface area contributed by atoms with Crippen molar-refractivity contribution in [2.45, 2.75) is 20.0 Å². The van der Waals surface area contributed by atoms with E-state index in [9.17, 15) is 26.7 Å². The Balaban J connectivity index is 2.10. The maximum Gasteiger partial charge on any atom is 0.416 e. The lowest BCUT2D eigenvalue weighted by atomic mass is 10.1. The summed E-state index contributed by atoms with van der Waals surface area (Å²) >= 11 is 0. The minimum Gasteiger partial charge on any atom is -0.320 e. The number of carbonyl (C=O) groups is 1. The van der Waals surface area contributed by atoms with Gasteiger partial charge in [0.25, 0.3) is 5.91 Å². The molecule has 0 radical (unpaired) electrons. The van der Waals surface area contributed by atoms with Crippen molar-refractivity contribution in [2.75, 3.05) is 5.32 Å². The molecule has 3 aromatic rings. The zero-order valence-electron chi connectivity index (χ0n) is 14.7. The van der Waals surface area contributed by atoms with E-state index in [1.807, 2.05) is 0 Å². The van der Waals surface area contributed by atoms with Gasteiger partial charge in [0, 0.05) is 5.69 Å². The van der Waals surface area contributed by atoms with Gasteiger partial charge in [-0.25, -0.2) is 13.5 Å². The summed E-state index contributed by atoms with van der Waals surface area (Å²) in [5, 5.41) is 6.43. The van der Waals surface area contributed by atoms with Gasteiger partial charge in [-0.2, -0.15) is 18.3 Å². The number of aromatic nitrogens is 2. The van der Waals surface area contributed by atoms with Crippen LogP contribution in [-0.4, -0.2) is 15.7 Å². The summed E-state index contributed by atoms with van der Waals surface area (Å²) in [6.07, 6.45) is -4.66. The number of hydrogen-bond donors (Lipinski definition) is 1. The number of benzene rings is 2. The van der Waals surface area contributed by atoms with Crippen LogP contribution in [0.5, 0.6) is 0 Å². The topological polar surface area (TPSA) is 46.9 Å². The Hall–Kier alpha value is -3.23. The first-order chi connectivity index (χ1) is 13.1. The van der Waals surface area contributed by atoms with E-state index in [1.165, 1.54) is 4.68 Å². The van der Waals surface area contributed by atoms with Crippen molar-refractivity contribution in [3.8, 4) is 5.69 Å². The Morgan fingerprint density at radius 3 is 2.39 bits per heavy atom. The van der Waals surface area contributed by atoms with Crippen molar-refractivity contribution in [3.63, 3.8) is 0 Å². The number of halogens is 5. The van der Waals surface area contributed by atoms with Gasteiger partial charge in [-0.1, -0.05) is 6.07 Å². The maximum atomic E-state index is 13.9. The van der Waals surface area contributed by atoms with Gasteiger partial charge < -0.3 is 5.32 Å². The largest absolute Gasteiger partial charge is 0.416 e. The summed E-state index contributed by atoms with van der Waals surface area (Å²) in [7, 11) is 0. The van der Waals surface area contributed by atoms with Crippen molar-refractivity contribution < 1.29 is 26.7 Å². The summed E-state index contributed by atoms with van der Waals surface area (Å²) in [6.45, 7) is 3.39. The number of nitrogens with one attached hydrogen (secondary N) is 1. The first kappa shape index (κ1) is 19.5. The Morgan fingerprint density at radius 2 is 1.79 bits per heavy atom. The molecule has 28 heavy (non-hydrogen) atoms. The number of hydrogen-bond acceptors (Lipinski definition) is 2. The number of alkyl halides is 3. The Labute approximate surface area is 156 Å². The molecule has 146 valence electrons. The summed E-state index contributed by atoms with van der Waals surface area (Å²) in [5.74, 6) is -3.71. The molecule has 1 amide bonds. The van der Waals surface area contributed by atoms with Crippen LogP contribution in [0.15, 0.2) is 42.5 Å². The molecule has 9 heteroatoms. The van der Waals surface area contributed by atoms with Gasteiger partial charge in [-0.15, -0.1) is 0 Å². The molecule has 4 nitrogen and oxygen atoms in total. The lowest BCUT2D eigenvalue weighted by Gasteiger charge is -2.16. The van der Waals surface area contributed by atoms with Crippen molar-refractivity contribution in [1.82, 2.24) is 9.78 Å². The standard InChI is InChI=1S/C19H14F5N3O/c1-10-8-11(2)27(26-10)16-7-6-12(19(22,23)24)9-15(16)25-18(28)13-4-3-5-14(20)17(13)21/h3-9H,1-2H3,(H,25,28). The predicted octanol–water partition coefficient (Wildman–Crippen LogP) is 5.04. The number of amides is 1. The molecule has 1 aromatic heterocycles. The van der Waals surface area contributed by atoms with Crippen LogP contribution < -0.4 is 5.32 Å². The van der Waals surface area contributed by atoms with Gasteiger partial charge >= 0.3 is 6.18 Å². The number of nitrogens with zero attached hydrogens (tertiary/aromatic N) is 2. The van der Waals surface area contributed by atoms with Gasteiger partial charge in [-0.3, -0.25) is 4.79 Å². The third-order valence-electron chi connectivity index (χ3n) is 4.01. The molecular formula is C19H14F5N3O. The molecule has 0 aliphatic carbocycles. The lowest BCUT2D eigenvalue weighted by molar-refractivity contribution is -0.137. The Bertz CT molecular complexity index is 1060. The molecule has 2 aromatic carbocycles. The first-order valence-electron chi connectivity index (χ1n) is 8.08. The molecule has 3 rings (SSSR count). The monoisotopic (exact) mass is 395 g/mol. The SMILES string of the molecule is Cc1cc(C)n(-c2ccc(C(F)(F)F)cc2NC(=O)c2cccc(F)c2F)n1. The smallest absolute Gasteiger partial charge is 0.320 e. The van der Waals surface area contributed by atoms with E-state index in [2.05, 4.69) is 10.4 Å². The van der Waals surface area contributed by atoms with E-state index in [0.29, 0.717) is 11.4 Å². The van der Waals surface area contributed by atoms with E-state index >= 15 is 0 Å². The molecule has 1 heterocycles. The molecule has 0 saturated carbocycles. The van der Waals surface area contributed by atoms with Crippen molar-refractivity contribution in [1.29, 1.82) is 0 Å². The third-order valence-corrected chi connectivity index (χ3v) is 4.01. The zero-order valence-corrected chi connectivity index (χ0v) is 14.7. The summed E-state index contributed by atoms with van der Waals surface area (Å²) in [4.78, 5) is 12.4. The fraction of sp³-hybridized carbons (Fsp3) is 0.158. The average molecular weight is 395 g/mol. The minimum absolute atomic E-state index is 0.156. The van der Waals surface area contributed by atoms with Crippen LogP contribution in [0.3, 0.4) is 0 Å². The summed E-state index contributed by atoms with van der Waals surface area (Å²) < 4.78 is 68.0. The highest BCUT2D eigenvalue weighted by Crippen LogP contribution is 2.34. The molecule has 0 fully saturated rings. The van der Waals surface area contributed by atoms with E-state index in [-0.39, 0.29) is 11.4 Å². The Kier molecular flexibility index (Phi) is 4.93. The second-order valence-corrected chi connectivity index (χ2v) is 6.12. The Morgan fingerprint density at radius 1 is 1.07 bits per heavy atom. The maximum absolute atomic E-state index is 13.9. The number of carbonyl (C=O) groups excluding carboxylic acids is 1. The molecule has 1 N–H and O–H groups in total. The molecule has 0 saturated heterocycles. The normalized spacial score (nSPS) is 11.5. The summed E-state index contributed by atoms with van der Waals surface area (Å²) in [6, 6.07) is 7.42. The molecule has 0 unspecified atom stereocenters. The number of aryl methyl sites for hydroxylation is 2. The van der Waals surface area contributed by atoms with Crippen LogP contribution in [0, 0.1) is 25.5 Å². The highest BCUT2D eigenvalue weighted by molar-refractivity contribution is 6.05. The van der Waals surface area contributed by atoms with Crippen molar-refractivity contribution in [2.24, 2.45) is 0 Å². The van der Waals surface area contributed by atoms with Gasteiger partial charge in [0.05, 0.1) is 28.2 Å². The molecule has 0 spiro atoms. The van der Waals surface area contributed by atoms with Crippen LogP contribution in [0.25, 0.3) is 5.69 Å². The fourth-order valence-electron chi connectivity index (χ4n) is 2.74. The van der Waals surface area contributed by atoms with Gasteiger partial charge in [0.15, 0.2) is 11.6 Å². The van der Waals surface area contributed by atoms with E-state index in [1.54, 1.807) is 19.9 Å². The number of rotatable bonds is 3. The zero-order chi connectivity index (χ0) is 20.6. The average Bonchev–Trinajstić information content (AvgIpc) is 2.94. The number of anilines is 1. The summed E-state index contributed by atoms with van der Waals surface area (Å²) in [5.41, 5.74) is -0.487. The van der Waals surface area contributed by atoms with Crippen LogP contribution in [0.4, 0.5) is 27.6 Å². The van der Waals surface area contributed by atoms with Gasteiger partial charge in [-0.05, 0) is 50.2 Å². The van der Waals surface area contributed by atoms with Crippen LogP contribution in [0.1, 0.15) is 27.3 Å². The lowest BCUT2D eigenvalue weighted by Crippen LogP contribution is -2.17. The van der Waals surface area contributed by atoms with E-state index in [0.717, 1.165) is 36.4 Å². The first-order valence-corrected chi connectivity index (χ1v) is 8.08. The van der Waals surface area contributed by atoms with Crippen molar-refractivity contribution in [3.05, 3.63) is 76.6 Å². The van der Waals surface area contributed by atoms with Crippen LogP contribution >= 0.6 is 0 Å².